The third-order valence-electron chi connectivity index (χ3n) is 6.98. The van der Waals surface area contributed by atoms with E-state index in [0.29, 0.717) is 10.0 Å². The van der Waals surface area contributed by atoms with E-state index in [4.69, 9.17) is 23.2 Å². The SMILES string of the molecule is O=C(C(c1ccc(Cl)cc1)c1ccc(Cl)cc1)N1CCc2ccccc2C1CN1CCCC1. The average molecular weight is 479 g/mol. The minimum atomic E-state index is -0.397. The summed E-state index contributed by atoms with van der Waals surface area (Å²) in [6.07, 6.45) is 3.35. The number of nitrogens with zero attached hydrogens (tertiary/aromatic N) is 2. The van der Waals surface area contributed by atoms with Crippen LogP contribution in [0.3, 0.4) is 0 Å². The summed E-state index contributed by atoms with van der Waals surface area (Å²) in [6, 6.07) is 24.0. The van der Waals surface area contributed by atoms with E-state index in [0.717, 1.165) is 43.7 Å². The van der Waals surface area contributed by atoms with Crippen molar-refractivity contribution in [3.63, 3.8) is 0 Å². The van der Waals surface area contributed by atoms with Crippen molar-refractivity contribution >= 4 is 29.1 Å². The number of hydrogen-bond donors (Lipinski definition) is 0. The molecular weight excluding hydrogens is 451 g/mol. The summed E-state index contributed by atoms with van der Waals surface area (Å²) in [5, 5.41) is 1.33. The maximum Gasteiger partial charge on any atom is 0.235 e. The van der Waals surface area contributed by atoms with Crippen molar-refractivity contribution in [2.45, 2.75) is 31.2 Å². The summed E-state index contributed by atoms with van der Waals surface area (Å²) in [4.78, 5) is 18.9. The smallest absolute Gasteiger partial charge is 0.235 e. The van der Waals surface area contributed by atoms with Gasteiger partial charge in [-0.2, -0.15) is 0 Å². The largest absolute Gasteiger partial charge is 0.333 e. The highest BCUT2D eigenvalue weighted by atomic mass is 35.5. The number of halogens is 2. The van der Waals surface area contributed by atoms with Crippen LogP contribution in [0.5, 0.6) is 0 Å². The van der Waals surface area contributed by atoms with Gasteiger partial charge < -0.3 is 9.80 Å². The highest BCUT2D eigenvalue weighted by molar-refractivity contribution is 6.30. The van der Waals surface area contributed by atoms with Gasteiger partial charge in [0.2, 0.25) is 5.91 Å². The molecule has 3 aromatic rings. The monoisotopic (exact) mass is 478 g/mol. The number of fused-ring (bicyclic) bond motifs is 1. The topological polar surface area (TPSA) is 23.6 Å². The van der Waals surface area contributed by atoms with Gasteiger partial charge in [-0.25, -0.2) is 0 Å². The normalized spacial score (nSPS) is 18.5. The van der Waals surface area contributed by atoms with E-state index >= 15 is 0 Å². The van der Waals surface area contributed by atoms with E-state index in [2.05, 4.69) is 34.1 Å². The number of benzene rings is 3. The molecule has 0 bridgehead atoms. The van der Waals surface area contributed by atoms with E-state index in [1.165, 1.54) is 24.0 Å². The lowest BCUT2D eigenvalue weighted by Crippen LogP contribution is -2.46. The first-order valence-electron chi connectivity index (χ1n) is 11.7. The Hall–Kier alpha value is -2.33. The molecule has 0 radical (unpaired) electrons. The third kappa shape index (κ3) is 4.82. The first-order valence-corrected chi connectivity index (χ1v) is 12.5. The van der Waals surface area contributed by atoms with Gasteiger partial charge in [-0.15, -0.1) is 0 Å². The number of likely N-dealkylation sites (tertiary alicyclic amines) is 1. The molecule has 170 valence electrons. The van der Waals surface area contributed by atoms with Crippen molar-refractivity contribution in [2.24, 2.45) is 0 Å². The van der Waals surface area contributed by atoms with Crippen molar-refractivity contribution in [2.75, 3.05) is 26.2 Å². The summed E-state index contributed by atoms with van der Waals surface area (Å²) in [5.41, 5.74) is 4.55. The van der Waals surface area contributed by atoms with Gasteiger partial charge in [-0.1, -0.05) is 71.7 Å². The van der Waals surface area contributed by atoms with Crippen LogP contribution in [0.2, 0.25) is 10.0 Å². The van der Waals surface area contributed by atoms with Gasteiger partial charge in [0.1, 0.15) is 0 Å². The molecule has 0 N–H and O–H groups in total. The molecule has 0 saturated carbocycles. The highest BCUT2D eigenvalue weighted by Crippen LogP contribution is 2.36. The van der Waals surface area contributed by atoms with Crippen LogP contribution in [0.4, 0.5) is 0 Å². The van der Waals surface area contributed by atoms with E-state index in [1.54, 1.807) is 0 Å². The molecule has 5 rings (SSSR count). The van der Waals surface area contributed by atoms with Crippen LogP contribution in [-0.4, -0.2) is 41.9 Å². The van der Waals surface area contributed by atoms with E-state index in [1.807, 2.05) is 48.5 Å². The molecule has 5 heteroatoms. The minimum absolute atomic E-state index is 0.0580. The van der Waals surface area contributed by atoms with Gasteiger partial charge in [0, 0.05) is 23.1 Å². The third-order valence-corrected chi connectivity index (χ3v) is 7.48. The molecular formula is C28H28Cl2N2O. The fourth-order valence-electron chi connectivity index (χ4n) is 5.28. The molecule has 33 heavy (non-hydrogen) atoms. The fourth-order valence-corrected chi connectivity index (χ4v) is 5.53. The molecule has 2 heterocycles. The van der Waals surface area contributed by atoms with Crippen LogP contribution in [0, 0.1) is 0 Å². The van der Waals surface area contributed by atoms with Crippen molar-refractivity contribution in [1.29, 1.82) is 0 Å². The first-order chi connectivity index (χ1) is 16.1. The minimum Gasteiger partial charge on any atom is -0.333 e. The molecule has 1 atom stereocenters. The Bertz CT molecular complexity index is 1060. The second-order valence-corrected chi connectivity index (χ2v) is 9.91. The average Bonchev–Trinajstić information content (AvgIpc) is 3.35. The Kier molecular flexibility index (Phi) is 6.73. The molecule has 0 aromatic heterocycles. The predicted octanol–water partition coefficient (Wildman–Crippen LogP) is 6.35. The molecule has 1 unspecified atom stereocenters. The number of amides is 1. The Morgan fingerprint density at radius 1 is 0.818 bits per heavy atom. The molecule has 1 amide bonds. The summed E-state index contributed by atoms with van der Waals surface area (Å²) >= 11 is 12.3. The Labute approximate surface area is 205 Å². The maximum absolute atomic E-state index is 14.3. The molecule has 3 nitrogen and oxygen atoms in total. The molecule has 3 aromatic carbocycles. The maximum atomic E-state index is 14.3. The zero-order chi connectivity index (χ0) is 22.8. The molecule has 2 aliphatic heterocycles. The molecule has 0 spiro atoms. The van der Waals surface area contributed by atoms with Crippen LogP contribution in [0.1, 0.15) is 47.1 Å². The van der Waals surface area contributed by atoms with Gasteiger partial charge in [0.15, 0.2) is 0 Å². The van der Waals surface area contributed by atoms with Crippen LogP contribution in [0.25, 0.3) is 0 Å². The number of hydrogen-bond acceptors (Lipinski definition) is 2. The fraction of sp³-hybridized carbons (Fsp3) is 0.321. The highest BCUT2D eigenvalue weighted by Gasteiger charge is 2.36. The first kappa shape index (κ1) is 22.5. The van der Waals surface area contributed by atoms with E-state index in [9.17, 15) is 4.79 Å². The lowest BCUT2D eigenvalue weighted by Gasteiger charge is -2.41. The molecule has 1 fully saturated rings. The van der Waals surface area contributed by atoms with Crippen molar-refractivity contribution in [3.05, 3.63) is 105 Å². The van der Waals surface area contributed by atoms with Crippen molar-refractivity contribution in [3.8, 4) is 0 Å². The Morgan fingerprint density at radius 3 is 2.00 bits per heavy atom. The van der Waals surface area contributed by atoms with Crippen LogP contribution < -0.4 is 0 Å². The van der Waals surface area contributed by atoms with Crippen LogP contribution >= 0.6 is 23.2 Å². The molecule has 0 aliphatic carbocycles. The Morgan fingerprint density at radius 2 is 1.39 bits per heavy atom. The molecule has 2 aliphatic rings. The summed E-state index contributed by atoms with van der Waals surface area (Å²) in [6.45, 7) is 3.83. The van der Waals surface area contributed by atoms with Gasteiger partial charge in [0.25, 0.3) is 0 Å². The van der Waals surface area contributed by atoms with Crippen LogP contribution in [-0.2, 0) is 11.2 Å². The summed E-state index contributed by atoms with van der Waals surface area (Å²) in [5.74, 6) is -0.260. The van der Waals surface area contributed by atoms with Crippen molar-refractivity contribution < 1.29 is 4.79 Å². The predicted molar refractivity (Wildman–Crippen MR) is 135 cm³/mol. The zero-order valence-electron chi connectivity index (χ0n) is 18.6. The second kappa shape index (κ2) is 9.89. The van der Waals surface area contributed by atoms with Gasteiger partial charge in [-0.3, -0.25) is 4.79 Å². The summed E-state index contributed by atoms with van der Waals surface area (Å²) in [7, 11) is 0. The number of rotatable bonds is 5. The second-order valence-electron chi connectivity index (χ2n) is 9.04. The quantitative estimate of drug-likeness (QED) is 0.426. The summed E-state index contributed by atoms with van der Waals surface area (Å²) < 4.78 is 0. The lowest BCUT2D eigenvalue weighted by atomic mass is 9.86. The van der Waals surface area contributed by atoms with Gasteiger partial charge >= 0.3 is 0 Å². The van der Waals surface area contributed by atoms with Gasteiger partial charge in [0.05, 0.1) is 12.0 Å². The molecule has 1 saturated heterocycles. The van der Waals surface area contributed by atoms with Gasteiger partial charge in [-0.05, 0) is 78.9 Å². The van der Waals surface area contributed by atoms with E-state index in [-0.39, 0.29) is 11.9 Å². The van der Waals surface area contributed by atoms with Crippen LogP contribution in [0.15, 0.2) is 72.8 Å². The lowest BCUT2D eigenvalue weighted by molar-refractivity contribution is -0.135. The number of carbonyl (C=O) groups is 1. The number of carbonyl (C=O) groups excluding carboxylic acids is 1. The standard InChI is InChI=1S/C28H28Cl2N2O/c29-23-11-7-21(8-12-23)27(22-9-13-24(30)14-10-22)28(33)32-18-15-20-5-1-2-6-25(20)26(32)19-31-16-3-4-17-31/h1-2,5-14,26-27H,3-4,15-19H2. The van der Waals surface area contributed by atoms with Crippen molar-refractivity contribution in [1.82, 2.24) is 9.80 Å². The zero-order valence-corrected chi connectivity index (χ0v) is 20.1. The van der Waals surface area contributed by atoms with E-state index < -0.39 is 5.92 Å². The Balaban J connectivity index is 1.54.